The number of carbonyl (C=O) groups excluding carboxylic acids is 1. The lowest BCUT2D eigenvalue weighted by Gasteiger charge is -2.35. The van der Waals surface area contributed by atoms with E-state index in [1.807, 2.05) is 91.0 Å². The summed E-state index contributed by atoms with van der Waals surface area (Å²) in [5, 5.41) is 0. The predicted octanol–water partition coefficient (Wildman–Crippen LogP) is 4.69. The molecule has 1 aliphatic heterocycles. The van der Waals surface area contributed by atoms with Crippen LogP contribution in [0.3, 0.4) is 0 Å². The molecule has 0 amide bonds. The Morgan fingerprint density at radius 1 is 0.688 bits per heavy atom. The number of ketones is 1. The van der Waals surface area contributed by atoms with Gasteiger partial charge in [-0.1, -0.05) is 91.0 Å². The summed E-state index contributed by atoms with van der Waals surface area (Å²) in [6.45, 7) is 1.44. The maximum absolute atomic E-state index is 12.9. The molecule has 0 bridgehead atoms. The molecule has 1 saturated heterocycles. The van der Waals surface area contributed by atoms with Gasteiger partial charge in [-0.15, -0.1) is 0 Å². The van der Waals surface area contributed by atoms with Crippen molar-refractivity contribution in [2.24, 2.45) is 0 Å². The second kappa shape index (κ2) is 11.7. The van der Waals surface area contributed by atoms with Crippen LogP contribution in [0.5, 0.6) is 0 Å². The molecule has 0 N–H and O–H groups in total. The third-order valence-corrected chi connectivity index (χ3v) is 5.26. The molecule has 1 aliphatic rings. The minimum Gasteiger partial charge on any atom is -0.374 e. The van der Waals surface area contributed by atoms with Crippen molar-refractivity contribution in [1.29, 1.82) is 0 Å². The summed E-state index contributed by atoms with van der Waals surface area (Å²) >= 11 is 0. The third kappa shape index (κ3) is 6.58. The minimum absolute atomic E-state index is 0.0291. The molecule has 166 valence electrons. The smallest absolute Gasteiger partial charge is 0.191 e. The van der Waals surface area contributed by atoms with E-state index in [-0.39, 0.29) is 18.3 Å². The molecule has 3 atom stereocenters. The van der Waals surface area contributed by atoms with Gasteiger partial charge in [0.15, 0.2) is 18.2 Å². The molecule has 5 nitrogen and oxygen atoms in total. The topological polar surface area (TPSA) is 54.0 Å². The molecule has 3 aromatic carbocycles. The Labute approximate surface area is 188 Å². The summed E-state index contributed by atoms with van der Waals surface area (Å²) in [5.41, 5.74) is 3.08. The van der Waals surface area contributed by atoms with Gasteiger partial charge >= 0.3 is 0 Å². The molecule has 1 fully saturated rings. The average molecular weight is 433 g/mol. The van der Waals surface area contributed by atoms with Gasteiger partial charge in [-0.05, 0) is 16.7 Å². The highest BCUT2D eigenvalue weighted by molar-refractivity contribution is 5.84. The maximum atomic E-state index is 12.9. The maximum Gasteiger partial charge on any atom is 0.191 e. The number of carbonyl (C=O) groups is 1. The molecule has 0 aliphatic carbocycles. The van der Waals surface area contributed by atoms with Crippen molar-refractivity contribution in [3.8, 4) is 0 Å². The van der Waals surface area contributed by atoms with Crippen molar-refractivity contribution in [3.05, 3.63) is 108 Å². The van der Waals surface area contributed by atoms with E-state index >= 15 is 0 Å². The number of hydrogen-bond acceptors (Lipinski definition) is 5. The minimum atomic E-state index is -0.787. The first-order valence-corrected chi connectivity index (χ1v) is 10.9. The summed E-state index contributed by atoms with van der Waals surface area (Å²) in [4.78, 5) is 12.9. The van der Waals surface area contributed by atoms with Gasteiger partial charge < -0.3 is 18.9 Å². The average Bonchev–Trinajstić information content (AvgIpc) is 2.84. The lowest BCUT2D eigenvalue weighted by molar-refractivity contribution is -0.252. The van der Waals surface area contributed by atoms with Crippen LogP contribution in [0.1, 0.15) is 23.1 Å². The lowest BCUT2D eigenvalue weighted by atomic mass is 10.0. The van der Waals surface area contributed by atoms with E-state index in [1.165, 1.54) is 0 Å². The van der Waals surface area contributed by atoms with Gasteiger partial charge in [0, 0.05) is 6.42 Å². The molecule has 0 spiro atoms. The molecule has 3 aromatic rings. The van der Waals surface area contributed by atoms with Crippen molar-refractivity contribution in [3.63, 3.8) is 0 Å². The molecule has 32 heavy (non-hydrogen) atoms. The zero-order valence-electron chi connectivity index (χ0n) is 18.0. The van der Waals surface area contributed by atoms with E-state index in [2.05, 4.69) is 0 Å². The van der Waals surface area contributed by atoms with E-state index in [4.69, 9.17) is 18.9 Å². The van der Waals surface area contributed by atoms with E-state index in [1.54, 1.807) is 0 Å². The number of Topliss-reactive ketones (excluding diaryl/α,β-unsaturated/α-hetero) is 1. The SMILES string of the molecule is O=C1C[C@@H](COCc2ccccc2)O[C@@H](OCc2ccccc2)[C@@H]1OCc1ccccc1. The molecular weight excluding hydrogens is 404 g/mol. The Morgan fingerprint density at radius 2 is 1.19 bits per heavy atom. The van der Waals surface area contributed by atoms with Crippen LogP contribution < -0.4 is 0 Å². The number of hydrogen-bond donors (Lipinski definition) is 0. The van der Waals surface area contributed by atoms with E-state index in [0.29, 0.717) is 26.4 Å². The monoisotopic (exact) mass is 432 g/mol. The summed E-state index contributed by atoms with van der Waals surface area (Å²) in [6, 6.07) is 29.5. The van der Waals surface area contributed by atoms with Crippen LogP contribution in [0.15, 0.2) is 91.0 Å². The molecule has 0 aromatic heterocycles. The Balaban J connectivity index is 1.36. The standard InChI is InChI=1S/C27H28O5/c28-25-16-24(20-29-17-21-10-4-1-5-11-21)32-27(31-19-23-14-8-3-9-15-23)26(25)30-18-22-12-6-2-7-13-22/h1-15,24,26-27H,16-20H2/t24-,26+,27+/m0/s1. The van der Waals surface area contributed by atoms with Crippen molar-refractivity contribution in [2.75, 3.05) is 6.61 Å². The van der Waals surface area contributed by atoms with Gasteiger partial charge in [-0.25, -0.2) is 0 Å². The first-order chi connectivity index (χ1) is 15.8. The molecule has 4 rings (SSSR count). The van der Waals surface area contributed by atoms with Gasteiger partial charge in [-0.3, -0.25) is 4.79 Å². The molecular formula is C27H28O5. The molecule has 1 heterocycles. The van der Waals surface area contributed by atoms with E-state index in [0.717, 1.165) is 16.7 Å². The first kappa shape index (κ1) is 22.4. The molecule has 5 heteroatoms. The zero-order valence-corrected chi connectivity index (χ0v) is 18.0. The summed E-state index contributed by atoms with van der Waals surface area (Å²) in [6.07, 6.45) is -1.70. The van der Waals surface area contributed by atoms with Crippen LogP contribution in [0.4, 0.5) is 0 Å². The lowest BCUT2D eigenvalue weighted by Crippen LogP contribution is -2.49. The molecule has 0 saturated carbocycles. The fourth-order valence-electron chi connectivity index (χ4n) is 3.59. The van der Waals surface area contributed by atoms with Crippen LogP contribution in [0.25, 0.3) is 0 Å². The van der Waals surface area contributed by atoms with E-state index < -0.39 is 12.4 Å². The summed E-state index contributed by atoms with van der Waals surface area (Å²) in [5.74, 6) is -0.0291. The second-order valence-corrected chi connectivity index (χ2v) is 7.81. The van der Waals surface area contributed by atoms with Crippen LogP contribution in [-0.2, 0) is 43.6 Å². The number of ether oxygens (including phenoxy) is 4. The number of rotatable bonds is 10. The fraction of sp³-hybridized carbons (Fsp3) is 0.296. The van der Waals surface area contributed by atoms with Crippen molar-refractivity contribution >= 4 is 5.78 Å². The Bertz CT molecular complexity index is 946. The second-order valence-electron chi connectivity index (χ2n) is 7.81. The van der Waals surface area contributed by atoms with Gasteiger partial charge in [0.05, 0.1) is 32.5 Å². The van der Waals surface area contributed by atoms with Gasteiger partial charge in [0.1, 0.15) is 0 Å². The number of benzene rings is 3. The van der Waals surface area contributed by atoms with Gasteiger partial charge in [0.2, 0.25) is 0 Å². The Morgan fingerprint density at radius 3 is 1.75 bits per heavy atom. The van der Waals surface area contributed by atoms with Crippen LogP contribution in [0.2, 0.25) is 0 Å². The predicted molar refractivity (Wildman–Crippen MR) is 121 cm³/mol. The van der Waals surface area contributed by atoms with E-state index in [9.17, 15) is 4.79 Å². The van der Waals surface area contributed by atoms with Crippen LogP contribution in [-0.4, -0.2) is 30.9 Å². The van der Waals surface area contributed by atoms with Gasteiger partial charge in [0.25, 0.3) is 0 Å². The largest absolute Gasteiger partial charge is 0.374 e. The third-order valence-electron chi connectivity index (χ3n) is 5.26. The van der Waals surface area contributed by atoms with Crippen LogP contribution in [0, 0.1) is 0 Å². The van der Waals surface area contributed by atoms with Crippen molar-refractivity contribution < 1.29 is 23.7 Å². The highest BCUT2D eigenvalue weighted by Gasteiger charge is 2.39. The quantitative estimate of drug-likeness (QED) is 0.465. The molecule has 0 radical (unpaired) electrons. The summed E-state index contributed by atoms with van der Waals surface area (Å²) in [7, 11) is 0. The normalized spacial score (nSPS) is 20.9. The Kier molecular flexibility index (Phi) is 8.17. The first-order valence-electron chi connectivity index (χ1n) is 10.9. The fourth-order valence-corrected chi connectivity index (χ4v) is 3.59. The van der Waals surface area contributed by atoms with Gasteiger partial charge in [-0.2, -0.15) is 0 Å². The van der Waals surface area contributed by atoms with Crippen LogP contribution >= 0.6 is 0 Å². The zero-order chi connectivity index (χ0) is 22.0. The van der Waals surface area contributed by atoms with Crippen molar-refractivity contribution in [1.82, 2.24) is 0 Å². The van der Waals surface area contributed by atoms with Crippen molar-refractivity contribution in [2.45, 2.75) is 44.7 Å². The summed E-state index contributed by atoms with van der Waals surface area (Å²) < 4.78 is 23.9. The highest BCUT2D eigenvalue weighted by Crippen LogP contribution is 2.23. The molecule has 0 unspecified atom stereocenters. The highest BCUT2D eigenvalue weighted by atomic mass is 16.7. The Hall–Kier alpha value is -2.83.